The fourth-order valence-corrected chi connectivity index (χ4v) is 6.19. The number of ether oxygens (including phenoxy) is 1. The van der Waals surface area contributed by atoms with E-state index in [1.54, 1.807) is 7.11 Å². The van der Waals surface area contributed by atoms with Crippen LogP contribution < -0.4 is 0 Å². The molecule has 3 heterocycles. The molecule has 5 heteroatoms. The highest BCUT2D eigenvalue weighted by Crippen LogP contribution is 2.42. The number of aryl methyl sites for hydroxylation is 2. The number of aromatic nitrogens is 3. The van der Waals surface area contributed by atoms with Gasteiger partial charge in [-0.05, 0) is 99.7 Å². The number of benzene rings is 1. The number of rotatable bonds is 17. The smallest absolute Gasteiger partial charge is 0.120 e. The first kappa shape index (κ1) is 33.1. The maximum Gasteiger partial charge on any atom is 0.120 e. The van der Waals surface area contributed by atoms with Gasteiger partial charge in [0.1, 0.15) is 6.29 Å². The van der Waals surface area contributed by atoms with Crippen molar-refractivity contribution < 1.29 is 9.53 Å². The highest BCUT2D eigenvalue weighted by molar-refractivity contribution is 5.95. The summed E-state index contributed by atoms with van der Waals surface area (Å²) in [6.45, 7) is 17.4. The van der Waals surface area contributed by atoms with Gasteiger partial charge in [-0.25, -0.2) is 0 Å². The van der Waals surface area contributed by atoms with Gasteiger partial charge in [0.2, 0.25) is 0 Å². The predicted molar refractivity (Wildman–Crippen MR) is 184 cm³/mol. The fourth-order valence-electron chi connectivity index (χ4n) is 6.19. The Morgan fingerprint density at radius 3 is 2.66 bits per heavy atom. The standard InChI is InChI=1S/C39H49N3O2/c1-8-28(3)16-11-10-12-17-31-18-13-20-35(41-31)30-21-22-36-33(26-30)34(27-39(5,6)23-15-25-43)38(42(36)9-2)32-19-14-24-40-37(32)29(4)44-7/h8,13-14,18-22,24-26,29H,1,3,9-12,15-17,23,27H2,2,4-7H3. The molecule has 232 valence electrons. The summed E-state index contributed by atoms with van der Waals surface area (Å²) < 4.78 is 8.17. The summed E-state index contributed by atoms with van der Waals surface area (Å²) in [5, 5.41) is 1.23. The van der Waals surface area contributed by atoms with E-state index in [1.807, 2.05) is 25.3 Å². The van der Waals surface area contributed by atoms with E-state index in [1.165, 1.54) is 22.2 Å². The average molecular weight is 592 g/mol. The number of carbonyl (C=O) groups is 1. The average Bonchev–Trinajstić information content (AvgIpc) is 3.34. The molecular weight excluding hydrogens is 542 g/mol. The lowest BCUT2D eigenvalue weighted by molar-refractivity contribution is -0.108. The second-order valence-corrected chi connectivity index (χ2v) is 12.6. The highest BCUT2D eigenvalue weighted by Gasteiger charge is 2.28. The lowest BCUT2D eigenvalue weighted by Gasteiger charge is -2.25. The molecule has 0 fully saturated rings. The first-order valence-electron chi connectivity index (χ1n) is 16.1. The van der Waals surface area contributed by atoms with Gasteiger partial charge in [-0.15, -0.1) is 0 Å². The topological polar surface area (TPSA) is 57.0 Å². The summed E-state index contributed by atoms with van der Waals surface area (Å²) in [4.78, 5) is 21.2. The van der Waals surface area contributed by atoms with E-state index in [9.17, 15) is 4.79 Å². The lowest BCUT2D eigenvalue weighted by atomic mass is 9.80. The quantitative estimate of drug-likeness (QED) is 0.0696. The van der Waals surface area contributed by atoms with Gasteiger partial charge >= 0.3 is 0 Å². The molecule has 0 spiro atoms. The predicted octanol–water partition coefficient (Wildman–Crippen LogP) is 9.89. The minimum Gasteiger partial charge on any atom is -0.375 e. The lowest BCUT2D eigenvalue weighted by Crippen LogP contribution is -2.16. The molecule has 0 radical (unpaired) electrons. The molecule has 1 atom stereocenters. The second kappa shape index (κ2) is 15.3. The van der Waals surface area contributed by atoms with Gasteiger partial charge in [-0.3, -0.25) is 9.97 Å². The maximum atomic E-state index is 11.3. The van der Waals surface area contributed by atoms with Gasteiger partial charge < -0.3 is 14.1 Å². The Morgan fingerprint density at radius 2 is 1.93 bits per heavy atom. The largest absolute Gasteiger partial charge is 0.375 e. The molecule has 0 N–H and O–H groups in total. The number of hydrogen-bond donors (Lipinski definition) is 0. The van der Waals surface area contributed by atoms with Crippen molar-refractivity contribution in [3.8, 4) is 22.5 Å². The molecule has 0 aliphatic carbocycles. The zero-order valence-electron chi connectivity index (χ0n) is 27.4. The van der Waals surface area contributed by atoms with Crippen LogP contribution in [0.4, 0.5) is 0 Å². The maximum absolute atomic E-state index is 11.3. The molecule has 5 nitrogen and oxygen atoms in total. The van der Waals surface area contributed by atoms with Gasteiger partial charge in [0.05, 0.1) is 23.2 Å². The fraction of sp³-hybridized carbons (Fsp3) is 0.410. The van der Waals surface area contributed by atoms with Crippen LogP contribution in [0.3, 0.4) is 0 Å². The third-order valence-corrected chi connectivity index (χ3v) is 8.73. The van der Waals surface area contributed by atoms with Crippen LogP contribution in [0, 0.1) is 5.41 Å². The number of hydrogen-bond acceptors (Lipinski definition) is 4. The Labute approximate surface area is 264 Å². The third kappa shape index (κ3) is 7.81. The van der Waals surface area contributed by atoms with Crippen LogP contribution in [0.15, 0.2) is 79.5 Å². The van der Waals surface area contributed by atoms with E-state index in [4.69, 9.17) is 14.7 Å². The van der Waals surface area contributed by atoms with Crippen LogP contribution in [0.2, 0.25) is 0 Å². The van der Waals surface area contributed by atoms with Crippen molar-refractivity contribution >= 4 is 17.2 Å². The summed E-state index contributed by atoms with van der Waals surface area (Å²) >= 11 is 0. The number of carbonyl (C=O) groups excluding carboxylic acids is 1. The minimum atomic E-state index is -0.145. The van der Waals surface area contributed by atoms with Gasteiger partial charge in [0.15, 0.2) is 0 Å². The van der Waals surface area contributed by atoms with E-state index in [-0.39, 0.29) is 11.5 Å². The summed E-state index contributed by atoms with van der Waals surface area (Å²) in [6, 6.07) is 17.3. The zero-order chi connectivity index (χ0) is 31.7. The Kier molecular flexibility index (Phi) is 11.5. The molecule has 3 aromatic heterocycles. The summed E-state index contributed by atoms with van der Waals surface area (Å²) in [5.74, 6) is 0. The number of fused-ring (bicyclic) bond motifs is 1. The van der Waals surface area contributed by atoms with Crippen molar-refractivity contribution in [1.29, 1.82) is 0 Å². The van der Waals surface area contributed by atoms with Crippen molar-refractivity contribution in [3.05, 3.63) is 96.5 Å². The normalized spacial score (nSPS) is 12.4. The molecule has 0 aliphatic rings. The molecule has 0 bridgehead atoms. The number of pyridine rings is 2. The molecule has 0 saturated heterocycles. The number of unbranched alkanes of at least 4 members (excludes halogenated alkanes) is 2. The van der Waals surface area contributed by atoms with Crippen molar-refractivity contribution in [1.82, 2.24) is 14.5 Å². The highest BCUT2D eigenvalue weighted by atomic mass is 16.5. The van der Waals surface area contributed by atoms with Crippen LogP contribution in [-0.4, -0.2) is 27.9 Å². The molecule has 4 rings (SSSR count). The Morgan fingerprint density at radius 1 is 1.11 bits per heavy atom. The van der Waals surface area contributed by atoms with Crippen LogP contribution in [0.5, 0.6) is 0 Å². The first-order valence-corrected chi connectivity index (χ1v) is 16.1. The first-order chi connectivity index (χ1) is 21.2. The van der Waals surface area contributed by atoms with Gasteiger partial charge in [-0.2, -0.15) is 0 Å². The van der Waals surface area contributed by atoms with Crippen molar-refractivity contribution in [3.63, 3.8) is 0 Å². The number of allylic oxidation sites excluding steroid dienone is 2. The van der Waals surface area contributed by atoms with E-state index in [2.05, 4.69) is 81.0 Å². The molecule has 0 aliphatic heterocycles. The summed E-state index contributed by atoms with van der Waals surface area (Å²) in [7, 11) is 1.73. The van der Waals surface area contributed by atoms with Gasteiger partial charge in [0, 0.05) is 54.0 Å². The van der Waals surface area contributed by atoms with Gasteiger partial charge in [-0.1, -0.05) is 57.2 Å². The molecule has 4 aromatic rings. The summed E-state index contributed by atoms with van der Waals surface area (Å²) in [6.07, 6.45) is 12.2. The van der Waals surface area contributed by atoms with Crippen LogP contribution in [0.1, 0.15) is 89.3 Å². The van der Waals surface area contributed by atoms with E-state index in [0.717, 1.165) is 91.6 Å². The van der Waals surface area contributed by atoms with Gasteiger partial charge in [0.25, 0.3) is 0 Å². The number of aldehydes is 1. The SMILES string of the molecule is C=CC(=C)CCCCCc1cccc(-c2ccc3c(c2)c(CC(C)(C)CCC=O)c(-c2cccnc2C(C)OC)n3CC)n1. The van der Waals surface area contributed by atoms with Crippen molar-refractivity contribution in [2.45, 2.75) is 91.7 Å². The Hall–Kier alpha value is -3.83. The van der Waals surface area contributed by atoms with E-state index < -0.39 is 0 Å². The number of nitrogens with zero attached hydrogens (tertiary/aromatic N) is 3. The Bertz CT molecular complexity index is 1600. The molecule has 1 aromatic carbocycles. The van der Waals surface area contributed by atoms with Crippen molar-refractivity contribution in [2.24, 2.45) is 5.41 Å². The third-order valence-electron chi connectivity index (χ3n) is 8.73. The molecule has 44 heavy (non-hydrogen) atoms. The van der Waals surface area contributed by atoms with E-state index in [0.29, 0.717) is 6.42 Å². The van der Waals surface area contributed by atoms with Crippen LogP contribution in [0.25, 0.3) is 33.4 Å². The van der Waals surface area contributed by atoms with Crippen LogP contribution >= 0.6 is 0 Å². The molecule has 0 amide bonds. The second-order valence-electron chi connectivity index (χ2n) is 12.6. The molecule has 1 unspecified atom stereocenters. The zero-order valence-corrected chi connectivity index (χ0v) is 27.4. The number of methoxy groups -OCH3 is 1. The summed E-state index contributed by atoms with van der Waals surface area (Å²) in [5.41, 5.74) is 9.99. The van der Waals surface area contributed by atoms with Crippen molar-refractivity contribution in [2.75, 3.05) is 7.11 Å². The minimum absolute atomic E-state index is 0.0655. The molecule has 0 saturated carbocycles. The molecular formula is C39H49N3O2. The van der Waals surface area contributed by atoms with Crippen LogP contribution in [-0.2, 0) is 28.9 Å². The Balaban J connectivity index is 1.79. The monoisotopic (exact) mass is 591 g/mol. The van der Waals surface area contributed by atoms with E-state index >= 15 is 0 Å².